The van der Waals surface area contributed by atoms with Crippen LogP contribution < -0.4 is 5.32 Å². The number of carboxylic acid groups (broad SMARTS) is 1. The number of amides is 2. The van der Waals surface area contributed by atoms with E-state index in [1.54, 1.807) is 17.0 Å². The molecule has 118 valence electrons. The minimum Gasteiger partial charge on any atom is -0.478 e. The van der Waals surface area contributed by atoms with E-state index in [4.69, 9.17) is 5.11 Å². The molecule has 1 heterocycles. The molecule has 0 saturated carbocycles. The first-order valence-corrected chi connectivity index (χ1v) is 7.28. The van der Waals surface area contributed by atoms with E-state index in [2.05, 4.69) is 5.32 Å². The molecule has 0 bridgehead atoms. The molecule has 1 aromatic rings. The molecule has 0 aliphatic carbocycles. The number of nitrogens with one attached hydrogen (secondary N) is 1. The van der Waals surface area contributed by atoms with E-state index in [9.17, 15) is 14.4 Å². The Kier molecular flexibility index (Phi) is 4.80. The summed E-state index contributed by atoms with van der Waals surface area (Å²) in [4.78, 5) is 36.6. The Labute approximate surface area is 129 Å². The minimum absolute atomic E-state index is 0.00280. The lowest BCUT2D eigenvalue weighted by molar-refractivity contribution is -0.130. The van der Waals surface area contributed by atoms with Crippen LogP contribution in [-0.4, -0.2) is 40.4 Å². The van der Waals surface area contributed by atoms with E-state index in [1.165, 1.54) is 12.1 Å². The highest BCUT2D eigenvalue weighted by molar-refractivity contribution is 5.89. The number of benzene rings is 1. The fourth-order valence-corrected chi connectivity index (χ4v) is 2.55. The molecule has 0 aromatic heterocycles. The van der Waals surface area contributed by atoms with Crippen molar-refractivity contribution in [2.24, 2.45) is 5.92 Å². The van der Waals surface area contributed by atoms with Crippen LogP contribution in [0.2, 0.25) is 0 Å². The number of likely N-dealkylation sites (tertiary alicyclic amines) is 1. The molecule has 1 aliphatic rings. The first-order chi connectivity index (χ1) is 10.4. The molecule has 1 aliphatic heterocycles. The second-order valence-electron chi connectivity index (χ2n) is 5.76. The average molecular weight is 304 g/mol. The van der Waals surface area contributed by atoms with Gasteiger partial charge in [0.05, 0.1) is 11.5 Å². The predicted molar refractivity (Wildman–Crippen MR) is 80.2 cm³/mol. The summed E-state index contributed by atoms with van der Waals surface area (Å²) in [7, 11) is 0. The zero-order chi connectivity index (χ0) is 16.3. The van der Waals surface area contributed by atoms with Gasteiger partial charge in [-0.1, -0.05) is 12.1 Å². The molecule has 1 fully saturated rings. The van der Waals surface area contributed by atoms with Crippen LogP contribution in [0.4, 0.5) is 0 Å². The Morgan fingerprint density at radius 3 is 2.73 bits per heavy atom. The van der Waals surface area contributed by atoms with Gasteiger partial charge in [0, 0.05) is 25.6 Å². The van der Waals surface area contributed by atoms with Gasteiger partial charge in [0.2, 0.25) is 11.8 Å². The fraction of sp³-hybridized carbons (Fsp3) is 0.438. The van der Waals surface area contributed by atoms with Gasteiger partial charge in [-0.15, -0.1) is 0 Å². The summed E-state index contributed by atoms with van der Waals surface area (Å²) < 4.78 is 0. The van der Waals surface area contributed by atoms with Crippen LogP contribution in [-0.2, 0) is 16.1 Å². The van der Waals surface area contributed by atoms with Gasteiger partial charge in [-0.2, -0.15) is 0 Å². The molecule has 1 saturated heterocycles. The maximum atomic E-state index is 12.1. The van der Waals surface area contributed by atoms with Gasteiger partial charge in [-0.25, -0.2) is 4.79 Å². The Balaban J connectivity index is 1.92. The van der Waals surface area contributed by atoms with Crippen molar-refractivity contribution in [2.45, 2.75) is 32.9 Å². The molecule has 1 aromatic carbocycles. The van der Waals surface area contributed by atoms with E-state index in [1.807, 2.05) is 13.8 Å². The van der Waals surface area contributed by atoms with Gasteiger partial charge in [-0.3, -0.25) is 9.59 Å². The van der Waals surface area contributed by atoms with Crippen LogP contribution in [0.25, 0.3) is 0 Å². The first-order valence-electron chi connectivity index (χ1n) is 7.28. The van der Waals surface area contributed by atoms with E-state index in [0.717, 1.165) is 5.56 Å². The fourth-order valence-electron chi connectivity index (χ4n) is 2.55. The number of hydrogen-bond donors (Lipinski definition) is 2. The summed E-state index contributed by atoms with van der Waals surface area (Å²) in [5, 5.41) is 11.7. The lowest BCUT2D eigenvalue weighted by Gasteiger charge is -2.20. The summed E-state index contributed by atoms with van der Waals surface area (Å²) in [6.07, 6.45) is 0.235. The van der Waals surface area contributed by atoms with Crippen LogP contribution >= 0.6 is 0 Å². The van der Waals surface area contributed by atoms with E-state index in [-0.39, 0.29) is 42.3 Å². The quantitative estimate of drug-likeness (QED) is 0.857. The third-order valence-electron chi connectivity index (χ3n) is 3.79. The third kappa shape index (κ3) is 3.63. The van der Waals surface area contributed by atoms with Crippen molar-refractivity contribution in [1.82, 2.24) is 10.2 Å². The predicted octanol–water partition coefficient (Wildman–Crippen LogP) is 1.26. The molecule has 2 rings (SSSR count). The van der Waals surface area contributed by atoms with Crippen molar-refractivity contribution < 1.29 is 19.5 Å². The molecule has 0 spiro atoms. The van der Waals surface area contributed by atoms with Gasteiger partial charge in [0.15, 0.2) is 0 Å². The third-order valence-corrected chi connectivity index (χ3v) is 3.79. The number of rotatable bonds is 5. The molecule has 2 N–H and O–H groups in total. The molecule has 0 radical (unpaired) electrons. The highest BCUT2D eigenvalue weighted by atomic mass is 16.4. The monoisotopic (exact) mass is 304 g/mol. The number of aromatic carboxylic acids is 1. The highest BCUT2D eigenvalue weighted by Gasteiger charge is 2.35. The standard InChI is InChI=1S/C16H20N2O4/c1-10(2)18-9-13(7-14(18)19)15(20)17-8-11-4-3-5-12(6-11)16(21)22/h3-6,10,13H,7-9H2,1-2H3,(H,17,20)(H,21,22). The van der Waals surface area contributed by atoms with Gasteiger partial charge in [0.25, 0.3) is 0 Å². The maximum Gasteiger partial charge on any atom is 0.335 e. The molecule has 2 amide bonds. The van der Waals surface area contributed by atoms with Crippen LogP contribution in [0.1, 0.15) is 36.2 Å². The van der Waals surface area contributed by atoms with E-state index < -0.39 is 5.97 Å². The lowest BCUT2D eigenvalue weighted by atomic mass is 10.1. The van der Waals surface area contributed by atoms with Crippen molar-refractivity contribution in [1.29, 1.82) is 0 Å². The van der Waals surface area contributed by atoms with Crippen LogP contribution in [0.5, 0.6) is 0 Å². The van der Waals surface area contributed by atoms with E-state index >= 15 is 0 Å². The second-order valence-corrected chi connectivity index (χ2v) is 5.76. The van der Waals surface area contributed by atoms with Gasteiger partial charge >= 0.3 is 5.97 Å². The average Bonchev–Trinajstić information content (AvgIpc) is 2.87. The zero-order valence-electron chi connectivity index (χ0n) is 12.7. The Hall–Kier alpha value is -2.37. The van der Waals surface area contributed by atoms with Gasteiger partial charge < -0.3 is 15.3 Å². The number of carboxylic acids is 1. The second kappa shape index (κ2) is 6.60. The summed E-state index contributed by atoms with van der Waals surface area (Å²) in [6, 6.07) is 6.53. The Morgan fingerprint density at radius 2 is 2.14 bits per heavy atom. The van der Waals surface area contributed by atoms with Gasteiger partial charge in [0.1, 0.15) is 0 Å². The molecule has 6 nitrogen and oxygen atoms in total. The minimum atomic E-state index is -0.998. The van der Waals surface area contributed by atoms with Crippen molar-refractivity contribution in [3.63, 3.8) is 0 Å². The molecular weight excluding hydrogens is 284 g/mol. The Bertz CT molecular complexity index is 598. The molecule has 1 unspecified atom stereocenters. The molecular formula is C16H20N2O4. The van der Waals surface area contributed by atoms with Crippen LogP contribution in [0.15, 0.2) is 24.3 Å². The van der Waals surface area contributed by atoms with Crippen LogP contribution in [0, 0.1) is 5.92 Å². The topological polar surface area (TPSA) is 86.7 Å². The SMILES string of the molecule is CC(C)N1CC(C(=O)NCc2cccc(C(=O)O)c2)CC1=O. The van der Waals surface area contributed by atoms with E-state index in [0.29, 0.717) is 6.54 Å². The van der Waals surface area contributed by atoms with Crippen LogP contribution in [0.3, 0.4) is 0 Å². The summed E-state index contributed by atoms with van der Waals surface area (Å²) >= 11 is 0. The molecule has 1 atom stereocenters. The lowest BCUT2D eigenvalue weighted by Crippen LogP contribution is -2.35. The smallest absolute Gasteiger partial charge is 0.335 e. The summed E-state index contributed by atoms with van der Waals surface area (Å²) in [5.74, 6) is -1.50. The number of nitrogens with zero attached hydrogens (tertiary/aromatic N) is 1. The molecule has 6 heteroatoms. The maximum absolute atomic E-state index is 12.1. The normalized spacial score (nSPS) is 17.9. The van der Waals surface area contributed by atoms with Crippen molar-refractivity contribution >= 4 is 17.8 Å². The summed E-state index contributed by atoms with van der Waals surface area (Å²) in [5.41, 5.74) is 0.909. The van der Waals surface area contributed by atoms with Crippen molar-refractivity contribution in [3.8, 4) is 0 Å². The largest absolute Gasteiger partial charge is 0.478 e. The van der Waals surface area contributed by atoms with Crippen molar-refractivity contribution in [2.75, 3.05) is 6.54 Å². The zero-order valence-corrected chi connectivity index (χ0v) is 12.7. The van der Waals surface area contributed by atoms with Gasteiger partial charge in [-0.05, 0) is 31.5 Å². The first kappa shape index (κ1) is 16.0. The van der Waals surface area contributed by atoms with Crippen molar-refractivity contribution in [3.05, 3.63) is 35.4 Å². The number of carbonyl (C=O) groups is 3. The Morgan fingerprint density at radius 1 is 1.41 bits per heavy atom. The summed E-state index contributed by atoms with van der Waals surface area (Å²) in [6.45, 7) is 4.55. The number of carbonyl (C=O) groups excluding carboxylic acids is 2. The molecule has 22 heavy (non-hydrogen) atoms. The highest BCUT2D eigenvalue weighted by Crippen LogP contribution is 2.20. The number of hydrogen-bond acceptors (Lipinski definition) is 3.